The van der Waals surface area contributed by atoms with Gasteiger partial charge < -0.3 is 20.9 Å². The monoisotopic (exact) mass is 492 g/mol. The van der Waals surface area contributed by atoms with Crippen molar-refractivity contribution in [3.05, 3.63) is 0 Å². The van der Waals surface area contributed by atoms with Crippen LogP contribution in [0.15, 0.2) is 0 Å². The van der Waals surface area contributed by atoms with Gasteiger partial charge in [0.05, 0.1) is 6.17 Å². The van der Waals surface area contributed by atoms with Crippen LogP contribution < -0.4 is 16.0 Å². The van der Waals surface area contributed by atoms with E-state index in [0.717, 1.165) is 51.0 Å². The molecule has 2 aliphatic heterocycles. The normalized spacial score (nSPS) is 34.9. The first-order valence-electron chi connectivity index (χ1n) is 14.8. The maximum atomic E-state index is 3.95. The van der Waals surface area contributed by atoms with E-state index < -0.39 is 0 Å². The van der Waals surface area contributed by atoms with Crippen LogP contribution in [0.2, 0.25) is 0 Å². The molecule has 3 aliphatic rings. The minimum Gasteiger partial charge on any atom is -0.313 e. The minimum atomic E-state index is 0.129. The van der Waals surface area contributed by atoms with Gasteiger partial charge in [-0.2, -0.15) is 0 Å². The van der Waals surface area contributed by atoms with Crippen LogP contribution in [0.3, 0.4) is 0 Å². The van der Waals surface area contributed by atoms with Crippen LogP contribution in [-0.2, 0) is 0 Å². The molecule has 0 radical (unpaired) electrons. The zero-order chi connectivity index (χ0) is 25.6. The molecule has 0 bridgehead atoms. The lowest BCUT2D eigenvalue weighted by Gasteiger charge is -2.45. The van der Waals surface area contributed by atoms with Crippen molar-refractivity contribution in [2.45, 2.75) is 116 Å². The quantitative estimate of drug-likeness (QED) is 0.545. The second-order valence-corrected chi connectivity index (χ2v) is 13.8. The lowest BCUT2D eigenvalue weighted by atomic mass is 9.82. The van der Waals surface area contributed by atoms with Crippen LogP contribution in [-0.4, -0.2) is 104 Å². The van der Waals surface area contributed by atoms with Gasteiger partial charge in [0.25, 0.3) is 0 Å². The summed E-state index contributed by atoms with van der Waals surface area (Å²) in [5.41, 5.74) is 0.268. The highest BCUT2D eigenvalue weighted by atomic mass is 15.4. The van der Waals surface area contributed by atoms with Crippen LogP contribution >= 0.6 is 0 Å². The third-order valence-electron chi connectivity index (χ3n) is 9.03. The number of hydrogen-bond acceptors (Lipinski definition) is 6. The standard InChI is InChI=1S/C29H60N6/c1-23-19-28(3,4)32-16-18-35(24(2)20-29(5,6)31-15-14-30-23)27(13-17-33(7)8)34-21-25-11-9-10-12-26(25)22-34/h23-27,30-32H,9-22H2,1-8H3. The molecular weight excluding hydrogens is 432 g/mol. The Bertz CT molecular complexity index is 606. The molecule has 3 rings (SSSR count). The molecule has 5 atom stereocenters. The van der Waals surface area contributed by atoms with E-state index in [0.29, 0.717) is 18.2 Å². The molecule has 0 aromatic carbocycles. The molecule has 2 heterocycles. The fourth-order valence-corrected chi connectivity index (χ4v) is 7.36. The summed E-state index contributed by atoms with van der Waals surface area (Å²) in [7, 11) is 4.47. The predicted molar refractivity (Wildman–Crippen MR) is 151 cm³/mol. The van der Waals surface area contributed by atoms with Crippen molar-refractivity contribution in [3.8, 4) is 0 Å². The molecule has 35 heavy (non-hydrogen) atoms. The van der Waals surface area contributed by atoms with Gasteiger partial charge in [0, 0.05) is 69.0 Å². The summed E-state index contributed by atoms with van der Waals surface area (Å²) in [6.07, 6.45) is 9.89. The highest BCUT2D eigenvalue weighted by Gasteiger charge is 2.40. The molecule has 1 saturated carbocycles. The van der Waals surface area contributed by atoms with E-state index in [1.807, 2.05) is 0 Å². The Labute approximate surface area is 218 Å². The van der Waals surface area contributed by atoms with Crippen molar-refractivity contribution in [1.82, 2.24) is 30.7 Å². The largest absolute Gasteiger partial charge is 0.313 e. The van der Waals surface area contributed by atoms with Gasteiger partial charge in [-0.3, -0.25) is 9.80 Å². The molecule has 206 valence electrons. The fraction of sp³-hybridized carbons (Fsp3) is 1.00. The van der Waals surface area contributed by atoms with Crippen molar-refractivity contribution in [2.24, 2.45) is 11.8 Å². The van der Waals surface area contributed by atoms with Gasteiger partial charge in [-0.25, -0.2) is 0 Å². The van der Waals surface area contributed by atoms with Gasteiger partial charge in [-0.15, -0.1) is 0 Å². The molecule has 0 amide bonds. The average Bonchev–Trinajstić information content (AvgIpc) is 3.18. The van der Waals surface area contributed by atoms with Crippen LogP contribution in [0.25, 0.3) is 0 Å². The zero-order valence-corrected chi connectivity index (χ0v) is 24.6. The van der Waals surface area contributed by atoms with Crippen LogP contribution in [0.4, 0.5) is 0 Å². The summed E-state index contributed by atoms with van der Waals surface area (Å²) in [5.74, 6) is 1.87. The summed E-state index contributed by atoms with van der Waals surface area (Å²) in [6.45, 7) is 22.4. The van der Waals surface area contributed by atoms with E-state index in [1.54, 1.807) is 0 Å². The van der Waals surface area contributed by atoms with E-state index in [9.17, 15) is 0 Å². The van der Waals surface area contributed by atoms with E-state index >= 15 is 0 Å². The lowest BCUT2D eigenvalue weighted by Crippen LogP contribution is -2.58. The predicted octanol–water partition coefficient (Wildman–Crippen LogP) is 3.59. The zero-order valence-electron chi connectivity index (χ0n) is 24.6. The summed E-state index contributed by atoms with van der Waals surface area (Å²) < 4.78 is 0. The Balaban J connectivity index is 1.81. The van der Waals surface area contributed by atoms with Gasteiger partial charge in [0.2, 0.25) is 0 Å². The SMILES string of the molecule is CC1CC(C)(C)NCCN(C(CCN(C)C)N2CC3CCCCC3C2)C(C)CC(C)(C)NCCN1. The Morgan fingerprint density at radius 2 is 1.46 bits per heavy atom. The van der Waals surface area contributed by atoms with E-state index in [-0.39, 0.29) is 11.1 Å². The number of fused-ring (bicyclic) bond motifs is 1. The van der Waals surface area contributed by atoms with Crippen LogP contribution in [0.5, 0.6) is 0 Å². The molecule has 0 aromatic rings. The van der Waals surface area contributed by atoms with Crippen molar-refractivity contribution in [3.63, 3.8) is 0 Å². The highest BCUT2D eigenvalue weighted by Crippen LogP contribution is 2.38. The van der Waals surface area contributed by atoms with Crippen LogP contribution in [0, 0.1) is 11.8 Å². The molecule has 6 heteroatoms. The smallest absolute Gasteiger partial charge is 0.0637 e. The molecule has 3 fully saturated rings. The Morgan fingerprint density at radius 1 is 0.857 bits per heavy atom. The van der Waals surface area contributed by atoms with Gasteiger partial charge >= 0.3 is 0 Å². The van der Waals surface area contributed by atoms with Gasteiger partial charge in [-0.05, 0) is 99.6 Å². The second-order valence-electron chi connectivity index (χ2n) is 13.8. The first-order chi connectivity index (χ1) is 16.5. The molecule has 6 nitrogen and oxygen atoms in total. The van der Waals surface area contributed by atoms with Crippen LogP contribution in [0.1, 0.15) is 86.5 Å². The summed E-state index contributed by atoms with van der Waals surface area (Å²) in [6, 6.07) is 1.05. The molecule has 0 aromatic heterocycles. The lowest BCUT2D eigenvalue weighted by molar-refractivity contribution is 0.00681. The number of rotatable bonds is 5. The molecular formula is C29H60N6. The maximum Gasteiger partial charge on any atom is 0.0637 e. The first kappa shape index (κ1) is 29.3. The number of hydrogen-bond donors (Lipinski definition) is 3. The Hall–Kier alpha value is -0.240. The number of nitrogens with zero attached hydrogens (tertiary/aromatic N) is 3. The van der Waals surface area contributed by atoms with Gasteiger partial charge in [-0.1, -0.05) is 12.8 Å². The van der Waals surface area contributed by atoms with Crippen molar-refractivity contribution in [1.29, 1.82) is 0 Å². The summed E-state index contributed by atoms with van der Waals surface area (Å²) in [5, 5.41) is 11.6. The molecule has 0 spiro atoms. The second kappa shape index (κ2) is 13.0. The first-order valence-corrected chi connectivity index (χ1v) is 14.8. The van der Waals surface area contributed by atoms with Gasteiger partial charge in [0.1, 0.15) is 0 Å². The fourth-order valence-electron chi connectivity index (χ4n) is 7.36. The third-order valence-corrected chi connectivity index (χ3v) is 9.03. The van der Waals surface area contributed by atoms with E-state index in [1.165, 1.54) is 51.6 Å². The van der Waals surface area contributed by atoms with Crippen molar-refractivity contribution >= 4 is 0 Å². The number of likely N-dealkylation sites (tertiary alicyclic amines) is 1. The molecule has 1 aliphatic carbocycles. The Kier molecular flexibility index (Phi) is 10.9. The molecule has 3 N–H and O–H groups in total. The maximum absolute atomic E-state index is 3.95. The van der Waals surface area contributed by atoms with Crippen molar-refractivity contribution in [2.75, 3.05) is 59.9 Å². The topological polar surface area (TPSA) is 45.8 Å². The molecule has 5 unspecified atom stereocenters. The van der Waals surface area contributed by atoms with E-state index in [4.69, 9.17) is 0 Å². The number of nitrogens with one attached hydrogen (secondary N) is 3. The highest BCUT2D eigenvalue weighted by molar-refractivity contribution is 4.93. The summed E-state index contributed by atoms with van der Waals surface area (Å²) >= 11 is 0. The average molecular weight is 493 g/mol. The van der Waals surface area contributed by atoms with Gasteiger partial charge in [0.15, 0.2) is 0 Å². The van der Waals surface area contributed by atoms with E-state index in [2.05, 4.69) is 86.3 Å². The molecule has 2 saturated heterocycles. The van der Waals surface area contributed by atoms with Crippen molar-refractivity contribution < 1.29 is 0 Å². The summed E-state index contributed by atoms with van der Waals surface area (Å²) in [4.78, 5) is 8.17. The minimum absolute atomic E-state index is 0.129. The Morgan fingerprint density at radius 3 is 2.09 bits per heavy atom. The third kappa shape index (κ3) is 9.22.